The number of amides is 2. The van der Waals surface area contributed by atoms with Gasteiger partial charge in [-0.05, 0) is 58.3 Å². The fourth-order valence-corrected chi connectivity index (χ4v) is 4.81. The summed E-state index contributed by atoms with van der Waals surface area (Å²) in [6, 6.07) is 9.22. The number of rotatable bonds is 6. The molecule has 1 aromatic carbocycles. The third kappa shape index (κ3) is 5.44. The van der Waals surface area contributed by atoms with Crippen LogP contribution >= 0.6 is 22.9 Å². The lowest BCUT2D eigenvalue weighted by Gasteiger charge is -2.33. The molecule has 1 aromatic heterocycles. The molecule has 0 spiro atoms. The van der Waals surface area contributed by atoms with Crippen molar-refractivity contribution in [1.29, 1.82) is 0 Å². The van der Waals surface area contributed by atoms with Gasteiger partial charge in [-0.1, -0.05) is 52.2 Å². The van der Waals surface area contributed by atoms with Crippen molar-refractivity contribution < 1.29 is 9.59 Å². The number of hydrogen-bond acceptors (Lipinski definition) is 3. The van der Waals surface area contributed by atoms with E-state index in [9.17, 15) is 9.59 Å². The Morgan fingerprint density at radius 3 is 2.33 bits per heavy atom. The lowest BCUT2D eigenvalue weighted by molar-refractivity contribution is -0.126. The van der Waals surface area contributed by atoms with Crippen LogP contribution in [0.25, 0.3) is 0 Å². The van der Waals surface area contributed by atoms with Crippen LogP contribution in [0.3, 0.4) is 0 Å². The highest BCUT2D eigenvalue weighted by Crippen LogP contribution is 2.32. The molecule has 2 amide bonds. The SMILES string of the molecule is CC(C)(C)c1ccc(N(C(=O)CCl)C(C(=O)NC2CCCCC2)c2ccsc2)cc1. The van der Waals surface area contributed by atoms with E-state index in [4.69, 9.17) is 11.6 Å². The fourth-order valence-electron chi connectivity index (χ4n) is 4.00. The molecule has 6 heteroatoms. The minimum Gasteiger partial charge on any atom is -0.351 e. The van der Waals surface area contributed by atoms with Crippen molar-refractivity contribution in [3.63, 3.8) is 0 Å². The van der Waals surface area contributed by atoms with Crippen LogP contribution < -0.4 is 10.2 Å². The van der Waals surface area contributed by atoms with E-state index in [1.165, 1.54) is 23.3 Å². The van der Waals surface area contributed by atoms with Gasteiger partial charge in [0.2, 0.25) is 11.8 Å². The molecule has 162 valence electrons. The number of hydrogen-bond donors (Lipinski definition) is 1. The standard InChI is InChI=1S/C24H31ClN2O2S/c1-24(2,3)18-9-11-20(12-10-18)27(21(28)15-25)22(17-13-14-30-16-17)23(29)26-19-7-5-4-6-8-19/h9-14,16,19,22H,4-8,15H2,1-3H3,(H,26,29). The molecule has 1 aliphatic carbocycles. The minimum atomic E-state index is -0.732. The van der Waals surface area contributed by atoms with E-state index in [0.717, 1.165) is 31.2 Å². The maximum absolute atomic E-state index is 13.4. The molecule has 0 radical (unpaired) electrons. The summed E-state index contributed by atoms with van der Waals surface area (Å²) in [7, 11) is 0. The maximum Gasteiger partial charge on any atom is 0.248 e. The Morgan fingerprint density at radius 2 is 1.80 bits per heavy atom. The zero-order chi connectivity index (χ0) is 21.7. The van der Waals surface area contributed by atoms with Crippen molar-refractivity contribution in [1.82, 2.24) is 5.32 Å². The normalized spacial score (nSPS) is 16.1. The van der Waals surface area contributed by atoms with Crippen LogP contribution in [0.2, 0.25) is 0 Å². The number of carbonyl (C=O) groups is 2. The van der Waals surface area contributed by atoms with Gasteiger partial charge in [-0.15, -0.1) is 11.6 Å². The lowest BCUT2D eigenvalue weighted by Crippen LogP contribution is -2.47. The molecule has 0 aliphatic heterocycles. The van der Waals surface area contributed by atoms with Gasteiger partial charge in [-0.2, -0.15) is 11.3 Å². The van der Waals surface area contributed by atoms with Crippen molar-refractivity contribution in [3.8, 4) is 0 Å². The summed E-state index contributed by atoms with van der Waals surface area (Å²) >= 11 is 7.50. The summed E-state index contributed by atoms with van der Waals surface area (Å²) in [5, 5.41) is 7.07. The van der Waals surface area contributed by atoms with Crippen LogP contribution in [0.5, 0.6) is 0 Å². The van der Waals surface area contributed by atoms with E-state index in [-0.39, 0.29) is 29.2 Å². The molecule has 4 nitrogen and oxygen atoms in total. The van der Waals surface area contributed by atoms with E-state index >= 15 is 0 Å². The van der Waals surface area contributed by atoms with E-state index in [1.807, 2.05) is 41.1 Å². The van der Waals surface area contributed by atoms with Crippen LogP contribution in [-0.2, 0) is 15.0 Å². The number of benzene rings is 1. The zero-order valence-corrected chi connectivity index (χ0v) is 19.6. The van der Waals surface area contributed by atoms with Gasteiger partial charge in [-0.3, -0.25) is 14.5 Å². The Labute approximate surface area is 188 Å². The molecule has 1 fully saturated rings. The number of nitrogens with one attached hydrogen (secondary N) is 1. The first-order valence-electron chi connectivity index (χ1n) is 10.6. The topological polar surface area (TPSA) is 49.4 Å². The first kappa shape index (κ1) is 22.8. The predicted molar refractivity (Wildman–Crippen MR) is 125 cm³/mol. The lowest BCUT2D eigenvalue weighted by atomic mass is 9.87. The second-order valence-electron chi connectivity index (χ2n) is 9.00. The van der Waals surface area contributed by atoms with Gasteiger partial charge in [0.1, 0.15) is 11.9 Å². The van der Waals surface area contributed by atoms with E-state index in [1.54, 1.807) is 4.90 Å². The number of alkyl halides is 1. The molecule has 1 unspecified atom stereocenters. The molecule has 1 N–H and O–H groups in total. The summed E-state index contributed by atoms with van der Waals surface area (Å²) in [5.41, 5.74) is 2.67. The zero-order valence-electron chi connectivity index (χ0n) is 18.0. The molecule has 3 rings (SSSR count). The number of nitrogens with zero attached hydrogens (tertiary/aromatic N) is 1. The third-order valence-corrected chi connectivity index (χ3v) is 6.64. The first-order valence-corrected chi connectivity index (χ1v) is 12.1. The van der Waals surface area contributed by atoms with Gasteiger partial charge in [0.05, 0.1) is 0 Å². The molecule has 1 saturated carbocycles. The molecule has 2 aromatic rings. The summed E-state index contributed by atoms with van der Waals surface area (Å²) in [6.07, 6.45) is 5.47. The number of anilines is 1. The van der Waals surface area contributed by atoms with Gasteiger partial charge < -0.3 is 5.32 Å². The summed E-state index contributed by atoms with van der Waals surface area (Å²) < 4.78 is 0. The Bertz CT molecular complexity index is 837. The van der Waals surface area contributed by atoms with Crippen LogP contribution in [0.4, 0.5) is 5.69 Å². The molecule has 0 saturated heterocycles. The Morgan fingerprint density at radius 1 is 1.13 bits per heavy atom. The molecule has 1 heterocycles. The van der Waals surface area contributed by atoms with Gasteiger partial charge in [0.15, 0.2) is 0 Å². The second kappa shape index (κ2) is 9.97. The minimum absolute atomic E-state index is 0.00493. The van der Waals surface area contributed by atoms with Crippen molar-refractivity contribution in [2.45, 2.75) is 70.4 Å². The molecule has 1 aliphatic rings. The Hall–Kier alpha value is -1.85. The fraction of sp³-hybridized carbons (Fsp3) is 0.500. The average molecular weight is 447 g/mol. The highest BCUT2D eigenvalue weighted by molar-refractivity contribution is 7.08. The number of thiophene rings is 1. The monoisotopic (exact) mass is 446 g/mol. The third-order valence-electron chi connectivity index (χ3n) is 5.71. The first-order chi connectivity index (χ1) is 14.3. The van der Waals surface area contributed by atoms with Crippen LogP contribution in [0, 0.1) is 0 Å². The van der Waals surface area contributed by atoms with Crippen LogP contribution in [-0.4, -0.2) is 23.7 Å². The van der Waals surface area contributed by atoms with Crippen molar-refractivity contribution in [2.24, 2.45) is 0 Å². The van der Waals surface area contributed by atoms with Gasteiger partial charge in [-0.25, -0.2) is 0 Å². The molecular formula is C24H31ClN2O2S. The highest BCUT2D eigenvalue weighted by Gasteiger charge is 2.34. The summed E-state index contributed by atoms with van der Waals surface area (Å²) in [6.45, 7) is 6.44. The largest absolute Gasteiger partial charge is 0.351 e. The summed E-state index contributed by atoms with van der Waals surface area (Å²) in [4.78, 5) is 27.9. The van der Waals surface area contributed by atoms with Crippen molar-refractivity contribution in [2.75, 3.05) is 10.8 Å². The van der Waals surface area contributed by atoms with Gasteiger partial charge in [0.25, 0.3) is 0 Å². The second-order valence-corrected chi connectivity index (χ2v) is 10.0. The maximum atomic E-state index is 13.4. The Kier molecular flexibility index (Phi) is 7.59. The quantitative estimate of drug-likeness (QED) is 0.569. The van der Waals surface area contributed by atoms with Crippen LogP contribution in [0.1, 0.15) is 70.0 Å². The van der Waals surface area contributed by atoms with Crippen LogP contribution in [0.15, 0.2) is 41.1 Å². The molecule has 0 bridgehead atoms. The molecule has 30 heavy (non-hydrogen) atoms. The smallest absolute Gasteiger partial charge is 0.248 e. The predicted octanol–water partition coefficient (Wildman–Crippen LogP) is 5.81. The number of carbonyl (C=O) groups excluding carboxylic acids is 2. The van der Waals surface area contributed by atoms with Crippen molar-refractivity contribution >= 4 is 40.4 Å². The number of halogens is 1. The molecular weight excluding hydrogens is 416 g/mol. The van der Waals surface area contributed by atoms with E-state index in [2.05, 4.69) is 26.1 Å². The van der Waals surface area contributed by atoms with Crippen molar-refractivity contribution in [3.05, 3.63) is 52.2 Å². The van der Waals surface area contributed by atoms with Gasteiger partial charge >= 0.3 is 0 Å². The summed E-state index contributed by atoms with van der Waals surface area (Å²) in [5.74, 6) is -0.605. The molecule has 1 atom stereocenters. The van der Waals surface area contributed by atoms with E-state index in [0.29, 0.717) is 5.69 Å². The Balaban J connectivity index is 1.96. The van der Waals surface area contributed by atoms with E-state index < -0.39 is 6.04 Å². The average Bonchev–Trinajstić information content (AvgIpc) is 3.25. The highest BCUT2D eigenvalue weighted by atomic mass is 35.5. The van der Waals surface area contributed by atoms with Gasteiger partial charge in [0, 0.05) is 11.7 Å².